The molecule has 0 atom stereocenters. The van der Waals surface area contributed by atoms with Gasteiger partial charge in [0.05, 0.1) is 16.6 Å². The van der Waals surface area contributed by atoms with E-state index in [4.69, 9.17) is 8.83 Å². The van der Waals surface area contributed by atoms with Gasteiger partial charge in [-0.05, 0) is 75.8 Å². The molecular formula is C48H27NO2. The lowest BCUT2D eigenvalue weighted by Crippen LogP contribution is -1.88. The van der Waals surface area contributed by atoms with Crippen molar-refractivity contribution >= 4 is 82.0 Å². The van der Waals surface area contributed by atoms with Gasteiger partial charge in [0.1, 0.15) is 11.2 Å². The summed E-state index contributed by atoms with van der Waals surface area (Å²) in [7, 11) is 0. The first-order chi connectivity index (χ1) is 25.3. The van der Waals surface area contributed by atoms with Crippen LogP contribution in [0.2, 0.25) is 0 Å². The third kappa shape index (κ3) is 3.62. The van der Waals surface area contributed by atoms with Crippen molar-refractivity contribution in [2.24, 2.45) is 0 Å². The monoisotopic (exact) mass is 649 g/mol. The molecule has 0 aliphatic rings. The van der Waals surface area contributed by atoms with E-state index in [2.05, 4.69) is 156 Å². The van der Waals surface area contributed by atoms with E-state index in [0.717, 1.165) is 54.9 Å². The number of hydrogen-bond donors (Lipinski definition) is 0. The third-order valence-electron chi connectivity index (χ3n) is 10.9. The van der Waals surface area contributed by atoms with Crippen LogP contribution in [0.15, 0.2) is 173 Å². The minimum atomic E-state index is 0.894. The van der Waals surface area contributed by atoms with Crippen molar-refractivity contribution in [2.45, 2.75) is 0 Å². The molecule has 12 aromatic rings. The Hall–Kier alpha value is -6.84. The van der Waals surface area contributed by atoms with Crippen molar-refractivity contribution in [1.29, 1.82) is 0 Å². The number of rotatable bonds is 3. The molecule has 12 rings (SSSR count). The van der Waals surface area contributed by atoms with Gasteiger partial charge in [0.25, 0.3) is 0 Å². The summed E-state index contributed by atoms with van der Waals surface area (Å²) < 4.78 is 15.9. The molecule has 4 heterocycles. The summed E-state index contributed by atoms with van der Waals surface area (Å²) in [4.78, 5) is 0. The summed E-state index contributed by atoms with van der Waals surface area (Å²) >= 11 is 0. The normalized spacial score (nSPS) is 12.3. The number of benzene rings is 8. The zero-order chi connectivity index (χ0) is 33.2. The van der Waals surface area contributed by atoms with Crippen molar-refractivity contribution in [3.63, 3.8) is 0 Å². The van der Waals surface area contributed by atoms with Gasteiger partial charge in [0, 0.05) is 43.1 Å². The Morgan fingerprint density at radius 1 is 0.294 bits per heavy atom. The van der Waals surface area contributed by atoms with Gasteiger partial charge in [-0.3, -0.25) is 0 Å². The molecule has 4 aromatic heterocycles. The van der Waals surface area contributed by atoms with Crippen molar-refractivity contribution < 1.29 is 8.83 Å². The molecule has 0 radical (unpaired) electrons. The zero-order valence-corrected chi connectivity index (χ0v) is 27.4. The number of aromatic nitrogens is 1. The SMILES string of the molecule is c1ccc(-c2ccc(-c3cc4c5ccc6c7ccccc7oc6c5n5c4c(c3)c3ccc4c6ccccc6oc4c35)c(-c3ccccc3)c2)cc1. The van der Waals surface area contributed by atoms with Crippen LogP contribution < -0.4 is 0 Å². The minimum Gasteiger partial charge on any atom is -0.454 e. The Balaban J connectivity index is 1.25. The average molecular weight is 650 g/mol. The van der Waals surface area contributed by atoms with Crippen LogP contribution in [0.3, 0.4) is 0 Å². The van der Waals surface area contributed by atoms with Crippen molar-refractivity contribution in [3.05, 3.63) is 164 Å². The first-order valence-corrected chi connectivity index (χ1v) is 17.4. The molecule has 0 aliphatic heterocycles. The molecule has 51 heavy (non-hydrogen) atoms. The molecule has 0 saturated carbocycles. The van der Waals surface area contributed by atoms with E-state index in [1.54, 1.807) is 0 Å². The van der Waals surface area contributed by atoms with E-state index in [1.807, 2.05) is 12.1 Å². The van der Waals surface area contributed by atoms with Crippen molar-refractivity contribution in [2.75, 3.05) is 0 Å². The second-order valence-corrected chi connectivity index (χ2v) is 13.6. The molecule has 0 aliphatic carbocycles. The number of fused-ring (bicyclic) bond motifs is 14. The van der Waals surface area contributed by atoms with E-state index in [-0.39, 0.29) is 0 Å². The molecule has 0 bridgehead atoms. The fourth-order valence-electron chi connectivity index (χ4n) is 8.67. The van der Waals surface area contributed by atoms with E-state index in [9.17, 15) is 0 Å². The zero-order valence-electron chi connectivity index (χ0n) is 27.4. The lowest BCUT2D eigenvalue weighted by atomic mass is 9.90. The van der Waals surface area contributed by atoms with Gasteiger partial charge < -0.3 is 13.2 Å². The number of furan rings is 2. The fraction of sp³-hybridized carbons (Fsp3) is 0. The summed E-state index contributed by atoms with van der Waals surface area (Å²) in [6.45, 7) is 0. The summed E-state index contributed by atoms with van der Waals surface area (Å²) in [5.41, 5.74) is 14.1. The van der Waals surface area contributed by atoms with Crippen molar-refractivity contribution in [3.8, 4) is 33.4 Å². The smallest absolute Gasteiger partial charge is 0.160 e. The Kier molecular flexibility index (Phi) is 5.23. The molecule has 0 fully saturated rings. The maximum absolute atomic E-state index is 6.74. The van der Waals surface area contributed by atoms with Crippen LogP contribution in [0.1, 0.15) is 0 Å². The number of hydrogen-bond acceptors (Lipinski definition) is 2. The van der Waals surface area contributed by atoms with Gasteiger partial charge in [-0.2, -0.15) is 0 Å². The molecule has 8 aromatic carbocycles. The average Bonchev–Trinajstić information content (AvgIpc) is 3.94. The summed E-state index contributed by atoms with van der Waals surface area (Å²) in [5.74, 6) is 0. The van der Waals surface area contributed by atoms with Gasteiger partial charge in [0.2, 0.25) is 0 Å². The highest BCUT2D eigenvalue weighted by molar-refractivity contribution is 6.32. The number of nitrogens with zero attached hydrogens (tertiary/aromatic N) is 1. The highest BCUT2D eigenvalue weighted by Crippen LogP contribution is 2.48. The first-order valence-electron chi connectivity index (χ1n) is 17.4. The molecule has 236 valence electrons. The maximum atomic E-state index is 6.74. The van der Waals surface area contributed by atoms with Crippen LogP contribution in [-0.4, -0.2) is 4.40 Å². The topological polar surface area (TPSA) is 30.7 Å². The summed E-state index contributed by atoms with van der Waals surface area (Å²) in [6.07, 6.45) is 0. The van der Waals surface area contributed by atoms with Crippen LogP contribution in [0.5, 0.6) is 0 Å². The van der Waals surface area contributed by atoms with Crippen LogP contribution in [-0.2, 0) is 0 Å². The third-order valence-corrected chi connectivity index (χ3v) is 10.9. The van der Waals surface area contributed by atoms with Gasteiger partial charge in [-0.25, -0.2) is 0 Å². The van der Waals surface area contributed by atoms with E-state index in [0.29, 0.717) is 0 Å². The fourth-order valence-corrected chi connectivity index (χ4v) is 8.67. The van der Waals surface area contributed by atoms with Crippen LogP contribution in [0.4, 0.5) is 0 Å². The number of para-hydroxylation sites is 2. The van der Waals surface area contributed by atoms with Gasteiger partial charge in [0.15, 0.2) is 11.2 Å². The predicted molar refractivity (Wildman–Crippen MR) is 212 cm³/mol. The minimum absolute atomic E-state index is 0.894. The molecule has 0 saturated heterocycles. The molecule has 3 heteroatoms. The van der Waals surface area contributed by atoms with Gasteiger partial charge >= 0.3 is 0 Å². The Morgan fingerprint density at radius 2 is 0.804 bits per heavy atom. The van der Waals surface area contributed by atoms with Crippen molar-refractivity contribution in [1.82, 2.24) is 4.40 Å². The molecule has 0 amide bonds. The highest BCUT2D eigenvalue weighted by atomic mass is 16.3. The standard InChI is InChI=1S/C48H27NO2/c1-3-11-28(12-4-1)30-19-20-32(39(25-30)29-13-5-2-6-14-29)31-26-40-35-21-23-37-33-15-7-9-17-42(33)50-47(37)45(35)49-44(40)41(27-31)36-22-24-38-34-16-8-10-18-43(34)51-48(38)46(36)49/h1-27H. The van der Waals surface area contributed by atoms with E-state index < -0.39 is 0 Å². The van der Waals surface area contributed by atoms with Gasteiger partial charge in [-0.15, -0.1) is 0 Å². The predicted octanol–water partition coefficient (Wildman–Crippen LogP) is 13.6. The quantitative estimate of drug-likeness (QED) is 0.191. The summed E-state index contributed by atoms with van der Waals surface area (Å²) in [6, 6.07) is 58.8. The largest absolute Gasteiger partial charge is 0.454 e. The van der Waals surface area contributed by atoms with Gasteiger partial charge in [-0.1, -0.05) is 121 Å². The van der Waals surface area contributed by atoms with E-state index in [1.165, 1.54) is 60.4 Å². The second kappa shape index (κ2) is 9.87. The Morgan fingerprint density at radius 3 is 1.39 bits per heavy atom. The maximum Gasteiger partial charge on any atom is 0.160 e. The molecule has 0 unspecified atom stereocenters. The van der Waals surface area contributed by atoms with Crippen LogP contribution >= 0.6 is 0 Å². The van der Waals surface area contributed by atoms with Crippen LogP contribution in [0, 0.1) is 0 Å². The lowest BCUT2D eigenvalue weighted by molar-refractivity contribution is 0.670. The lowest BCUT2D eigenvalue weighted by Gasteiger charge is -2.14. The Bertz CT molecular complexity index is 3190. The Labute approximate surface area is 291 Å². The molecule has 3 nitrogen and oxygen atoms in total. The highest BCUT2D eigenvalue weighted by Gasteiger charge is 2.25. The molecule has 0 N–H and O–H groups in total. The molecule has 0 spiro atoms. The van der Waals surface area contributed by atoms with Crippen LogP contribution in [0.25, 0.3) is 115 Å². The first kappa shape index (κ1) is 27.0. The van der Waals surface area contributed by atoms with E-state index >= 15 is 0 Å². The summed E-state index contributed by atoms with van der Waals surface area (Å²) in [5, 5.41) is 9.22. The molecular weight excluding hydrogens is 623 g/mol. The second-order valence-electron chi connectivity index (χ2n) is 13.6.